The van der Waals surface area contributed by atoms with Crippen LogP contribution in [0.25, 0.3) is 0 Å². The molecule has 4 nitrogen and oxygen atoms in total. The van der Waals surface area contributed by atoms with E-state index in [1.807, 2.05) is 12.1 Å². The minimum absolute atomic E-state index is 0.351. The van der Waals surface area contributed by atoms with Crippen molar-refractivity contribution in [2.45, 2.75) is 26.2 Å². The second kappa shape index (κ2) is 4.38. The topological polar surface area (TPSA) is 46.1 Å². The number of hydrogen-bond acceptors (Lipinski definition) is 4. The van der Waals surface area contributed by atoms with Crippen molar-refractivity contribution in [2.24, 2.45) is 0 Å². The molecule has 0 N–H and O–H groups in total. The molecule has 15 heavy (non-hydrogen) atoms. The van der Waals surface area contributed by atoms with Crippen LogP contribution in [0.15, 0.2) is 12.1 Å². The Labute approximate surface area is 89.3 Å². The summed E-state index contributed by atoms with van der Waals surface area (Å²) in [7, 11) is 0. The molecule has 1 saturated heterocycles. The van der Waals surface area contributed by atoms with Crippen LogP contribution in [-0.2, 0) is 11.2 Å². The average molecular weight is 205 g/mol. The molecule has 0 radical (unpaired) electrons. The van der Waals surface area contributed by atoms with Crippen molar-refractivity contribution in [1.82, 2.24) is 10.2 Å². The minimum Gasteiger partial charge on any atom is -0.354 e. The van der Waals surface area contributed by atoms with Crippen LogP contribution in [0.3, 0.4) is 0 Å². The lowest BCUT2D eigenvalue weighted by Crippen LogP contribution is -2.34. The Kier molecular flexibility index (Phi) is 2.94. The highest BCUT2D eigenvalue weighted by Gasteiger charge is 2.17. The Morgan fingerprint density at radius 1 is 1.27 bits per heavy atom. The Morgan fingerprint density at radius 2 is 2.00 bits per heavy atom. The van der Waals surface area contributed by atoms with Crippen molar-refractivity contribution in [3.05, 3.63) is 17.8 Å². The Morgan fingerprint density at radius 3 is 2.53 bits per heavy atom. The fraction of sp³-hybridized carbons (Fsp3) is 0.545. The maximum absolute atomic E-state index is 11.1. The third kappa shape index (κ3) is 2.32. The van der Waals surface area contributed by atoms with Crippen molar-refractivity contribution in [3.63, 3.8) is 0 Å². The smallest absolute Gasteiger partial charge is 0.151 e. The van der Waals surface area contributed by atoms with Gasteiger partial charge in [0.25, 0.3) is 0 Å². The van der Waals surface area contributed by atoms with Gasteiger partial charge in [0.15, 0.2) is 5.82 Å². The molecule has 0 atom stereocenters. The van der Waals surface area contributed by atoms with Crippen molar-refractivity contribution < 1.29 is 4.79 Å². The average Bonchev–Trinajstić information content (AvgIpc) is 2.30. The largest absolute Gasteiger partial charge is 0.354 e. The van der Waals surface area contributed by atoms with Gasteiger partial charge >= 0.3 is 0 Å². The fourth-order valence-corrected chi connectivity index (χ4v) is 1.70. The van der Waals surface area contributed by atoms with Crippen LogP contribution in [0, 0.1) is 0 Å². The molecule has 1 aromatic heterocycles. The third-order valence-electron chi connectivity index (χ3n) is 2.71. The molecular weight excluding hydrogens is 190 g/mol. The highest BCUT2D eigenvalue weighted by molar-refractivity contribution is 5.80. The quantitative estimate of drug-likeness (QED) is 0.728. The third-order valence-corrected chi connectivity index (χ3v) is 2.71. The van der Waals surface area contributed by atoms with Gasteiger partial charge in [-0.05, 0) is 18.6 Å². The predicted octanol–water partition coefficient (Wildman–Crippen LogP) is 1.21. The first-order valence-electron chi connectivity index (χ1n) is 5.39. The molecule has 0 bridgehead atoms. The molecule has 1 aliphatic heterocycles. The van der Waals surface area contributed by atoms with E-state index in [1.54, 1.807) is 0 Å². The van der Waals surface area contributed by atoms with Gasteiger partial charge in [0.1, 0.15) is 5.78 Å². The molecule has 1 aliphatic rings. The first kappa shape index (κ1) is 10.1. The molecule has 1 fully saturated rings. The lowest BCUT2D eigenvalue weighted by atomic mass is 10.1. The molecule has 0 spiro atoms. The maximum atomic E-state index is 11.1. The van der Waals surface area contributed by atoms with E-state index in [0.717, 1.165) is 31.0 Å². The van der Waals surface area contributed by atoms with Crippen molar-refractivity contribution in [2.75, 3.05) is 18.0 Å². The Balaban J connectivity index is 2.06. The van der Waals surface area contributed by atoms with E-state index in [0.29, 0.717) is 18.6 Å². The van der Waals surface area contributed by atoms with E-state index in [2.05, 4.69) is 22.0 Å². The maximum Gasteiger partial charge on any atom is 0.151 e. The van der Waals surface area contributed by atoms with Gasteiger partial charge in [0, 0.05) is 25.9 Å². The zero-order valence-electron chi connectivity index (χ0n) is 8.94. The summed E-state index contributed by atoms with van der Waals surface area (Å²) in [5.74, 6) is 1.24. The van der Waals surface area contributed by atoms with E-state index in [4.69, 9.17) is 0 Å². The van der Waals surface area contributed by atoms with Crippen LogP contribution < -0.4 is 4.90 Å². The molecule has 0 aromatic carbocycles. The number of nitrogens with zero attached hydrogens (tertiary/aromatic N) is 3. The monoisotopic (exact) mass is 205 g/mol. The first-order chi connectivity index (χ1) is 7.29. The number of aromatic nitrogens is 2. The molecular formula is C11H15N3O. The van der Waals surface area contributed by atoms with Crippen molar-refractivity contribution in [3.8, 4) is 0 Å². The highest BCUT2D eigenvalue weighted by atomic mass is 16.1. The standard InChI is InChI=1S/C11H15N3O/c1-2-9-3-4-11(13-12-9)14-7-5-10(15)6-8-14/h3-4H,2,5-8H2,1H3. The van der Waals surface area contributed by atoms with Crippen molar-refractivity contribution in [1.29, 1.82) is 0 Å². The number of piperidine rings is 1. The van der Waals surface area contributed by atoms with Crippen molar-refractivity contribution >= 4 is 11.6 Å². The highest BCUT2D eigenvalue weighted by Crippen LogP contribution is 2.14. The predicted molar refractivity (Wildman–Crippen MR) is 57.9 cm³/mol. The van der Waals surface area contributed by atoms with E-state index in [1.165, 1.54) is 0 Å². The van der Waals surface area contributed by atoms with E-state index < -0.39 is 0 Å². The number of aryl methyl sites for hydroxylation is 1. The van der Waals surface area contributed by atoms with Gasteiger partial charge in [-0.1, -0.05) is 6.92 Å². The van der Waals surface area contributed by atoms with Crippen LogP contribution in [0.2, 0.25) is 0 Å². The first-order valence-corrected chi connectivity index (χ1v) is 5.39. The fourth-order valence-electron chi connectivity index (χ4n) is 1.70. The summed E-state index contributed by atoms with van der Waals surface area (Å²) in [6, 6.07) is 3.99. The SMILES string of the molecule is CCc1ccc(N2CCC(=O)CC2)nn1. The number of carbonyl (C=O) groups excluding carboxylic acids is 1. The molecule has 1 aromatic rings. The van der Waals surface area contributed by atoms with E-state index >= 15 is 0 Å². The lowest BCUT2D eigenvalue weighted by Gasteiger charge is -2.26. The second-order valence-electron chi connectivity index (χ2n) is 3.76. The van der Waals surface area contributed by atoms with Gasteiger partial charge < -0.3 is 4.90 Å². The minimum atomic E-state index is 0.351. The van der Waals surface area contributed by atoms with Gasteiger partial charge in [-0.3, -0.25) is 4.79 Å². The van der Waals surface area contributed by atoms with Crippen LogP contribution in [0.1, 0.15) is 25.5 Å². The van der Waals surface area contributed by atoms with Gasteiger partial charge in [0.05, 0.1) is 5.69 Å². The Hall–Kier alpha value is -1.45. The molecule has 0 amide bonds. The van der Waals surface area contributed by atoms with Gasteiger partial charge in [-0.2, -0.15) is 5.10 Å². The van der Waals surface area contributed by atoms with Crippen LogP contribution in [0.4, 0.5) is 5.82 Å². The van der Waals surface area contributed by atoms with Crippen LogP contribution >= 0.6 is 0 Å². The van der Waals surface area contributed by atoms with E-state index in [9.17, 15) is 4.79 Å². The van der Waals surface area contributed by atoms with E-state index in [-0.39, 0.29) is 0 Å². The molecule has 0 saturated carbocycles. The molecule has 2 heterocycles. The second-order valence-corrected chi connectivity index (χ2v) is 3.76. The molecule has 80 valence electrons. The number of ketones is 1. The summed E-state index contributed by atoms with van der Waals surface area (Å²) < 4.78 is 0. The summed E-state index contributed by atoms with van der Waals surface area (Å²) in [5.41, 5.74) is 1.01. The number of carbonyl (C=O) groups is 1. The number of Topliss-reactive ketones (excluding diaryl/α,β-unsaturated/α-hetero) is 1. The van der Waals surface area contributed by atoms with Gasteiger partial charge in [0.2, 0.25) is 0 Å². The Bertz CT molecular complexity index is 337. The number of rotatable bonds is 2. The van der Waals surface area contributed by atoms with Gasteiger partial charge in [-0.25, -0.2) is 0 Å². The number of anilines is 1. The van der Waals surface area contributed by atoms with Gasteiger partial charge in [-0.15, -0.1) is 5.10 Å². The summed E-state index contributed by atoms with van der Waals surface area (Å²) in [4.78, 5) is 13.2. The zero-order valence-corrected chi connectivity index (χ0v) is 8.94. The molecule has 2 rings (SSSR count). The normalized spacial score (nSPS) is 16.9. The van der Waals surface area contributed by atoms with Crippen LogP contribution in [-0.4, -0.2) is 29.1 Å². The summed E-state index contributed by atoms with van der Waals surface area (Å²) >= 11 is 0. The summed E-state index contributed by atoms with van der Waals surface area (Å²) in [6.07, 6.45) is 2.18. The summed E-state index contributed by atoms with van der Waals surface area (Å²) in [5, 5.41) is 8.28. The number of hydrogen-bond donors (Lipinski definition) is 0. The molecule has 4 heteroatoms. The lowest BCUT2D eigenvalue weighted by molar-refractivity contribution is -0.119. The van der Waals surface area contributed by atoms with Crippen LogP contribution in [0.5, 0.6) is 0 Å². The summed E-state index contributed by atoms with van der Waals surface area (Å²) in [6.45, 7) is 3.61. The molecule has 0 aliphatic carbocycles. The molecule has 0 unspecified atom stereocenters. The zero-order chi connectivity index (χ0) is 10.7.